The maximum Gasteiger partial charge on any atom is 0.244 e. The van der Waals surface area contributed by atoms with Crippen LogP contribution in [0.4, 0.5) is 5.82 Å². The van der Waals surface area contributed by atoms with Crippen LogP contribution in [0.5, 0.6) is 0 Å². The number of hydrogen-bond acceptors (Lipinski definition) is 5. The molecule has 1 heterocycles. The van der Waals surface area contributed by atoms with Gasteiger partial charge in [-0.25, -0.2) is 18.1 Å². The topological polar surface area (TPSA) is 91.3 Å². The van der Waals surface area contributed by atoms with E-state index in [4.69, 9.17) is 5.11 Å². The Bertz CT molecular complexity index is 419. The first-order valence-corrected chi connectivity index (χ1v) is 5.83. The van der Waals surface area contributed by atoms with Gasteiger partial charge in [-0.1, -0.05) is 0 Å². The summed E-state index contributed by atoms with van der Waals surface area (Å²) in [6, 6.07) is 2.98. The smallest absolute Gasteiger partial charge is 0.244 e. The van der Waals surface area contributed by atoms with Crippen LogP contribution >= 0.6 is 0 Å². The van der Waals surface area contributed by atoms with Crippen LogP contribution in [0.2, 0.25) is 0 Å². The molecule has 15 heavy (non-hydrogen) atoms. The molecule has 3 N–H and O–H groups in total. The van der Waals surface area contributed by atoms with Crippen LogP contribution in [0.3, 0.4) is 0 Å². The van der Waals surface area contributed by atoms with E-state index >= 15 is 0 Å². The summed E-state index contributed by atoms with van der Waals surface area (Å²) in [5, 5.41) is 11.2. The minimum Gasteiger partial charge on any atom is -0.395 e. The maximum absolute atomic E-state index is 11.7. The van der Waals surface area contributed by atoms with Gasteiger partial charge in [0.05, 0.1) is 6.61 Å². The Morgan fingerprint density at radius 3 is 2.87 bits per heavy atom. The number of nitrogens with zero attached hydrogens (tertiary/aromatic N) is 1. The fourth-order valence-electron chi connectivity index (χ4n) is 1.05. The highest BCUT2D eigenvalue weighted by Crippen LogP contribution is 2.16. The number of rotatable bonds is 5. The zero-order chi connectivity index (χ0) is 11.3. The number of aliphatic hydroxyl groups is 1. The Balaban J connectivity index is 3.04. The van der Waals surface area contributed by atoms with Gasteiger partial charge in [0.1, 0.15) is 10.7 Å². The van der Waals surface area contributed by atoms with E-state index in [9.17, 15) is 8.42 Å². The van der Waals surface area contributed by atoms with Gasteiger partial charge in [0.25, 0.3) is 0 Å². The van der Waals surface area contributed by atoms with Gasteiger partial charge < -0.3 is 10.4 Å². The summed E-state index contributed by atoms with van der Waals surface area (Å²) in [5.41, 5.74) is 0. The van der Waals surface area contributed by atoms with Gasteiger partial charge in [-0.05, 0) is 12.1 Å². The Labute approximate surface area is 88.4 Å². The molecule has 0 aromatic carbocycles. The molecular formula is C8H13N3O3S. The van der Waals surface area contributed by atoms with Gasteiger partial charge in [-0.15, -0.1) is 0 Å². The number of hydrogen-bond donors (Lipinski definition) is 3. The van der Waals surface area contributed by atoms with E-state index in [1.165, 1.54) is 18.3 Å². The van der Waals surface area contributed by atoms with Crippen LogP contribution < -0.4 is 10.0 Å². The normalized spacial score (nSPS) is 11.3. The number of nitrogens with one attached hydrogen (secondary N) is 2. The Morgan fingerprint density at radius 1 is 1.53 bits per heavy atom. The van der Waals surface area contributed by atoms with E-state index in [0.717, 1.165) is 0 Å². The second-order valence-electron chi connectivity index (χ2n) is 2.72. The number of anilines is 1. The van der Waals surface area contributed by atoms with E-state index in [1.807, 2.05) is 0 Å². The fourth-order valence-corrected chi connectivity index (χ4v) is 2.24. The summed E-state index contributed by atoms with van der Waals surface area (Å²) in [7, 11) is -2.01. The van der Waals surface area contributed by atoms with E-state index in [-0.39, 0.29) is 23.9 Å². The van der Waals surface area contributed by atoms with Crippen molar-refractivity contribution < 1.29 is 13.5 Å². The first-order chi connectivity index (χ1) is 7.11. The molecule has 0 atom stereocenters. The molecule has 1 aromatic heterocycles. The monoisotopic (exact) mass is 231 g/mol. The van der Waals surface area contributed by atoms with E-state index in [2.05, 4.69) is 15.0 Å². The first-order valence-electron chi connectivity index (χ1n) is 4.35. The van der Waals surface area contributed by atoms with Crippen LogP contribution in [0.15, 0.2) is 23.2 Å². The lowest BCUT2D eigenvalue weighted by Gasteiger charge is -2.08. The molecule has 0 saturated carbocycles. The van der Waals surface area contributed by atoms with Crippen molar-refractivity contribution in [1.82, 2.24) is 9.71 Å². The highest BCUT2D eigenvalue weighted by molar-refractivity contribution is 7.89. The van der Waals surface area contributed by atoms with Gasteiger partial charge in [-0.3, -0.25) is 0 Å². The molecule has 1 aromatic rings. The zero-order valence-corrected chi connectivity index (χ0v) is 9.08. The van der Waals surface area contributed by atoms with E-state index in [0.29, 0.717) is 0 Å². The van der Waals surface area contributed by atoms with Crippen LogP contribution in [-0.4, -0.2) is 38.7 Å². The summed E-state index contributed by atoms with van der Waals surface area (Å²) in [5.74, 6) is 0.280. The summed E-state index contributed by atoms with van der Waals surface area (Å²) in [6.45, 7) is -0.255. The van der Waals surface area contributed by atoms with Crippen LogP contribution in [0, 0.1) is 0 Å². The third-order valence-electron chi connectivity index (χ3n) is 1.70. The molecule has 0 fully saturated rings. The predicted molar refractivity (Wildman–Crippen MR) is 56.1 cm³/mol. The number of aliphatic hydroxyl groups excluding tert-OH is 1. The maximum atomic E-state index is 11.7. The molecule has 0 bridgehead atoms. The largest absolute Gasteiger partial charge is 0.395 e. The molecule has 0 radical (unpaired) electrons. The molecule has 84 valence electrons. The van der Waals surface area contributed by atoms with Gasteiger partial charge in [-0.2, -0.15) is 0 Å². The van der Waals surface area contributed by atoms with Crippen molar-refractivity contribution in [2.75, 3.05) is 25.5 Å². The second kappa shape index (κ2) is 5.06. The van der Waals surface area contributed by atoms with Crippen molar-refractivity contribution >= 4 is 15.8 Å². The van der Waals surface area contributed by atoms with Crippen molar-refractivity contribution in [3.05, 3.63) is 18.3 Å². The predicted octanol–water partition coefficient (Wildman–Crippen LogP) is -0.606. The minimum atomic E-state index is -3.60. The first kappa shape index (κ1) is 11.9. The summed E-state index contributed by atoms with van der Waals surface area (Å²) in [4.78, 5) is 3.95. The van der Waals surface area contributed by atoms with E-state index in [1.54, 1.807) is 7.05 Å². The van der Waals surface area contributed by atoms with Crippen molar-refractivity contribution in [3.63, 3.8) is 0 Å². The molecule has 0 unspecified atom stereocenters. The van der Waals surface area contributed by atoms with Gasteiger partial charge in [0, 0.05) is 19.8 Å². The van der Waals surface area contributed by atoms with Crippen molar-refractivity contribution in [2.45, 2.75) is 4.90 Å². The fraction of sp³-hybridized carbons (Fsp3) is 0.375. The van der Waals surface area contributed by atoms with Crippen LogP contribution in [-0.2, 0) is 10.0 Å². The lowest BCUT2D eigenvalue weighted by molar-refractivity contribution is 0.301. The molecule has 0 amide bonds. The number of pyridine rings is 1. The average Bonchev–Trinajstić information content (AvgIpc) is 2.26. The van der Waals surface area contributed by atoms with Crippen LogP contribution in [0.1, 0.15) is 0 Å². The third-order valence-corrected chi connectivity index (χ3v) is 3.19. The van der Waals surface area contributed by atoms with Gasteiger partial charge >= 0.3 is 0 Å². The minimum absolute atomic E-state index is 0.0135. The quantitative estimate of drug-likeness (QED) is 0.629. The van der Waals surface area contributed by atoms with Crippen LogP contribution in [0.25, 0.3) is 0 Å². The highest BCUT2D eigenvalue weighted by Gasteiger charge is 2.17. The Morgan fingerprint density at radius 2 is 2.27 bits per heavy atom. The summed E-state index contributed by atoms with van der Waals surface area (Å²) in [6.07, 6.45) is 1.50. The van der Waals surface area contributed by atoms with Crippen molar-refractivity contribution in [2.24, 2.45) is 0 Å². The van der Waals surface area contributed by atoms with Crippen molar-refractivity contribution in [3.8, 4) is 0 Å². The zero-order valence-electron chi connectivity index (χ0n) is 8.27. The average molecular weight is 231 g/mol. The highest BCUT2D eigenvalue weighted by atomic mass is 32.2. The Kier molecular flexibility index (Phi) is 4.01. The summed E-state index contributed by atoms with van der Waals surface area (Å²) < 4.78 is 25.6. The van der Waals surface area contributed by atoms with Gasteiger partial charge in [0.15, 0.2) is 0 Å². The summed E-state index contributed by atoms with van der Waals surface area (Å²) >= 11 is 0. The third kappa shape index (κ3) is 2.88. The van der Waals surface area contributed by atoms with Crippen molar-refractivity contribution in [1.29, 1.82) is 0 Å². The number of sulfonamides is 1. The van der Waals surface area contributed by atoms with Gasteiger partial charge in [0.2, 0.25) is 10.0 Å². The molecule has 0 aliphatic heterocycles. The molecule has 6 nitrogen and oxygen atoms in total. The lowest BCUT2D eigenvalue weighted by atomic mass is 10.5. The van der Waals surface area contributed by atoms with E-state index < -0.39 is 10.0 Å². The molecule has 0 spiro atoms. The molecule has 0 aliphatic carbocycles. The molecule has 0 saturated heterocycles. The molecule has 7 heteroatoms. The SMILES string of the molecule is CNc1ncccc1S(=O)(=O)NCCO. The Hall–Kier alpha value is -1.18. The second-order valence-corrected chi connectivity index (χ2v) is 4.46. The lowest BCUT2D eigenvalue weighted by Crippen LogP contribution is -2.27. The molecular weight excluding hydrogens is 218 g/mol. The molecule has 0 aliphatic rings. The number of aromatic nitrogens is 1. The standard InChI is InChI=1S/C8H13N3O3S/c1-9-8-7(3-2-4-10-8)15(13,14)11-5-6-12/h2-4,11-12H,5-6H2,1H3,(H,9,10). The molecule has 1 rings (SSSR count).